The number of anilines is 1. The molecule has 0 unspecified atom stereocenters. The van der Waals surface area contributed by atoms with Gasteiger partial charge in [0.15, 0.2) is 11.6 Å². The maximum Gasteiger partial charge on any atom is 0.311 e. The van der Waals surface area contributed by atoms with Crippen molar-refractivity contribution in [3.63, 3.8) is 0 Å². The Kier molecular flexibility index (Phi) is 3.97. The van der Waals surface area contributed by atoms with Crippen LogP contribution in [0.4, 0.5) is 15.8 Å². The van der Waals surface area contributed by atoms with Gasteiger partial charge in [-0.1, -0.05) is 6.42 Å². The minimum atomic E-state index is -0.932. The molecule has 0 spiro atoms. The fraction of sp³-hybridized carbons (Fsp3) is 0.462. The number of benzene rings is 1. The summed E-state index contributed by atoms with van der Waals surface area (Å²) in [5.41, 5.74) is -1.31. The van der Waals surface area contributed by atoms with Crippen molar-refractivity contribution in [2.75, 3.05) is 19.0 Å². The number of nitrogens with one attached hydrogen (secondary N) is 1. The van der Waals surface area contributed by atoms with Crippen LogP contribution in [0, 0.1) is 21.3 Å². The summed E-state index contributed by atoms with van der Waals surface area (Å²) in [6.07, 6.45) is 1.84. The van der Waals surface area contributed by atoms with Gasteiger partial charge in [-0.25, -0.2) is 4.39 Å². The summed E-state index contributed by atoms with van der Waals surface area (Å²) >= 11 is 0. The maximum absolute atomic E-state index is 13.5. The van der Waals surface area contributed by atoms with Crippen molar-refractivity contribution in [2.45, 2.75) is 19.3 Å². The zero-order valence-electron chi connectivity index (χ0n) is 11.4. The van der Waals surface area contributed by atoms with E-state index in [0.29, 0.717) is 12.8 Å². The largest absolute Gasteiger partial charge is 0.494 e. The Balaban J connectivity index is 2.26. The van der Waals surface area contributed by atoms with Gasteiger partial charge in [0.25, 0.3) is 5.69 Å². The smallest absolute Gasteiger partial charge is 0.311 e. The van der Waals surface area contributed by atoms with Gasteiger partial charge >= 0.3 is 5.97 Å². The molecule has 0 saturated heterocycles. The summed E-state index contributed by atoms with van der Waals surface area (Å²) in [4.78, 5) is 21.5. The number of methoxy groups -OCH3 is 1. The number of carboxylic acid groups (broad SMARTS) is 1. The van der Waals surface area contributed by atoms with E-state index in [1.54, 1.807) is 0 Å². The molecule has 1 aliphatic rings. The average molecular weight is 298 g/mol. The first-order valence-electron chi connectivity index (χ1n) is 6.39. The van der Waals surface area contributed by atoms with Crippen LogP contribution in [0.3, 0.4) is 0 Å². The number of ether oxygens (including phenoxy) is 1. The number of carbonyl (C=O) groups is 1. The van der Waals surface area contributed by atoms with Crippen molar-refractivity contribution >= 4 is 17.3 Å². The van der Waals surface area contributed by atoms with Gasteiger partial charge in [-0.2, -0.15) is 0 Å². The number of aliphatic carboxylic acids is 1. The van der Waals surface area contributed by atoms with Crippen LogP contribution in [0.2, 0.25) is 0 Å². The summed E-state index contributed by atoms with van der Waals surface area (Å²) in [5.74, 6) is -1.91. The monoisotopic (exact) mass is 298 g/mol. The molecule has 114 valence electrons. The Morgan fingerprint density at radius 1 is 1.57 bits per heavy atom. The van der Waals surface area contributed by atoms with Gasteiger partial charge in [0.1, 0.15) is 5.69 Å². The molecule has 2 rings (SSSR count). The summed E-state index contributed by atoms with van der Waals surface area (Å²) < 4.78 is 18.3. The highest BCUT2D eigenvalue weighted by Gasteiger charge is 2.44. The Bertz CT molecular complexity index is 586. The Labute approximate surface area is 119 Å². The molecular weight excluding hydrogens is 283 g/mol. The fourth-order valence-electron chi connectivity index (χ4n) is 2.33. The Morgan fingerprint density at radius 2 is 2.24 bits per heavy atom. The first-order valence-corrected chi connectivity index (χ1v) is 6.39. The quantitative estimate of drug-likeness (QED) is 0.617. The lowest BCUT2D eigenvalue weighted by Crippen LogP contribution is -2.43. The SMILES string of the molecule is COc1cc(NCC2(C(=O)O)CCC2)c([N+](=O)[O-])cc1F. The van der Waals surface area contributed by atoms with E-state index in [4.69, 9.17) is 4.74 Å². The van der Waals surface area contributed by atoms with Crippen molar-refractivity contribution in [1.82, 2.24) is 0 Å². The maximum atomic E-state index is 13.5. The van der Waals surface area contributed by atoms with Crippen LogP contribution < -0.4 is 10.1 Å². The number of nitro benzene ring substituents is 1. The molecule has 8 heteroatoms. The van der Waals surface area contributed by atoms with Crippen LogP contribution in [-0.2, 0) is 4.79 Å². The van der Waals surface area contributed by atoms with E-state index in [2.05, 4.69) is 5.32 Å². The van der Waals surface area contributed by atoms with Crippen LogP contribution in [0.15, 0.2) is 12.1 Å². The Hall–Kier alpha value is -2.38. The molecule has 0 amide bonds. The van der Waals surface area contributed by atoms with Crippen molar-refractivity contribution in [2.24, 2.45) is 5.41 Å². The zero-order valence-corrected chi connectivity index (χ0v) is 11.4. The lowest BCUT2D eigenvalue weighted by atomic mass is 9.69. The van der Waals surface area contributed by atoms with Crippen molar-refractivity contribution < 1.29 is 24.0 Å². The lowest BCUT2D eigenvalue weighted by Gasteiger charge is -2.37. The molecule has 21 heavy (non-hydrogen) atoms. The highest BCUT2D eigenvalue weighted by atomic mass is 19.1. The van der Waals surface area contributed by atoms with Crippen LogP contribution in [0.1, 0.15) is 19.3 Å². The topological polar surface area (TPSA) is 102 Å². The number of rotatable bonds is 6. The van der Waals surface area contributed by atoms with Crippen molar-refractivity contribution in [1.29, 1.82) is 0 Å². The van der Waals surface area contributed by atoms with E-state index in [-0.39, 0.29) is 18.0 Å². The van der Waals surface area contributed by atoms with E-state index >= 15 is 0 Å². The highest BCUT2D eigenvalue weighted by molar-refractivity contribution is 5.77. The van der Waals surface area contributed by atoms with Gasteiger partial charge in [-0.15, -0.1) is 0 Å². The molecule has 0 bridgehead atoms. The summed E-state index contributed by atoms with van der Waals surface area (Å²) in [7, 11) is 1.25. The fourth-order valence-corrected chi connectivity index (χ4v) is 2.33. The molecule has 1 fully saturated rings. The number of nitrogens with zero attached hydrogens (tertiary/aromatic N) is 1. The molecule has 1 aliphatic carbocycles. The first-order chi connectivity index (χ1) is 9.89. The van der Waals surface area contributed by atoms with Crippen molar-refractivity contribution in [3.05, 3.63) is 28.1 Å². The number of carboxylic acids is 1. The van der Waals surface area contributed by atoms with Gasteiger partial charge in [-0.3, -0.25) is 14.9 Å². The molecule has 0 radical (unpaired) electrons. The molecular formula is C13H15FN2O5. The van der Waals surface area contributed by atoms with Crippen LogP contribution in [-0.4, -0.2) is 29.7 Å². The van der Waals surface area contributed by atoms with E-state index in [0.717, 1.165) is 12.5 Å². The van der Waals surface area contributed by atoms with E-state index in [1.165, 1.54) is 13.2 Å². The second-order valence-corrected chi connectivity index (χ2v) is 5.05. The molecule has 0 aliphatic heterocycles. The standard InChI is InChI=1S/C13H15FN2O5/c1-21-11-6-9(10(16(19)20)5-8(11)14)15-7-13(12(17)18)3-2-4-13/h5-6,15H,2-4,7H2,1H3,(H,17,18). The molecule has 0 aromatic heterocycles. The van der Waals surface area contributed by atoms with Crippen LogP contribution >= 0.6 is 0 Å². The normalized spacial score (nSPS) is 15.9. The molecule has 1 saturated carbocycles. The number of halogens is 1. The zero-order chi connectivity index (χ0) is 15.6. The van der Waals surface area contributed by atoms with Gasteiger partial charge in [0.2, 0.25) is 0 Å². The van der Waals surface area contributed by atoms with E-state index in [1.807, 2.05) is 0 Å². The minimum Gasteiger partial charge on any atom is -0.494 e. The summed E-state index contributed by atoms with van der Waals surface area (Å²) in [5, 5.41) is 22.9. The third-order valence-electron chi connectivity index (χ3n) is 3.85. The van der Waals surface area contributed by atoms with Gasteiger partial charge in [0, 0.05) is 12.6 Å². The van der Waals surface area contributed by atoms with Gasteiger partial charge in [0.05, 0.1) is 23.5 Å². The summed E-state index contributed by atoms with van der Waals surface area (Å²) in [6.45, 7) is 0.0535. The number of hydrogen-bond donors (Lipinski definition) is 2. The van der Waals surface area contributed by atoms with E-state index in [9.17, 15) is 24.4 Å². The lowest BCUT2D eigenvalue weighted by molar-refractivity contribution is -0.384. The van der Waals surface area contributed by atoms with Crippen LogP contribution in [0.25, 0.3) is 0 Å². The molecule has 0 heterocycles. The average Bonchev–Trinajstić information content (AvgIpc) is 2.37. The first kappa shape index (κ1) is 15.0. The predicted octanol–water partition coefficient (Wildman–Crippen LogP) is 2.41. The molecule has 0 atom stereocenters. The predicted molar refractivity (Wildman–Crippen MR) is 72.0 cm³/mol. The third kappa shape index (κ3) is 2.74. The number of hydrogen-bond acceptors (Lipinski definition) is 5. The second-order valence-electron chi connectivity index (χ2n) is 5.05. The van der Waals surface area contributed by atoms with Gasteiger partial charge < -0.3 is 15.2 Å². The number of nitro groups is 1. The second kappa shape index (κ2) is 5.55. The molecule has 1 aromatic carbocycles. The van der Waals surface area contributed by atoms with Crippen LogP contribution in [0.5, 0.6) is 5.75 Å². The van der Waals surface area contributed by atoms with Crippen molar-refractivity contribution in [3.8, 4) is 5.75 Å². The minimum absolute atomic E-state index is 0.0470. The van der Waals surface area contributed by atoms with Gasteiger partial charge in [-0.05, 0) is 12.8 Å². The van der Waals surface area contributed by atoms with E-state index < -0.39 is 27.8 Å². The molecule has 2 N–H and O–H groups in total. The third-order valence-corrected chi connectivity index (χ3v) is 3.85. The molecule has 1 aromatic rings. The highest BCUT2D eigenvalue weighted by Crippen LogP contribution is 2.42. The summed E-state index contributed by atoms with van der Waals surface area (Å²) in [6, 6.07) is 1.93. The Morgan fingerprint density at radius 3 is 2.67 bits per heavy atom. The molecule has 7 nitrogen and oxygen atoms in total.